The van der Waals surface area contributed by atoms with E-state index in [1.807, 2.05) is 20.8 Å². The lowest BCUT2D eigenvalue weighted by Gasteiger charge is -2.40. The molecule has 1 spiro atoms. The van der Waals surface area contributed by atoms with Gasteiger partial charge in [-0.05, 0) is 65.0 Å². The number of aliphatic hydroxyl groups excluding tert-OH is 1. The summed E-state index contributed by atoms with van der Waals surface area (Å²) in [5, 5.41) is 13.3. The fourth-order valence-corrected chi connectivity index (χ4v) is 4.13. The molecule has 0 aromatic heterocycles. The van der Waals surface area contributed by atoms with E-state index in [1.54, 1.807) is 0 Å². The minimum atomic E-state index is -1.05. The average molecular weight is 274 g/mol. The van der Waals surface area contributed by atoms with Gasteiger partial charge in [-0.1, -0.05) is 0 Å². The summed E-state index contributed by atoms with van der Waals surface area (Å²) >= 11 is 0. The molecular formula is C13H26N2O2S. The molecule has 3 unspecified atom stereocenters. The van der Waals surface area contributed by atoms with Crippen LogP contribution in [0.15, 0.2) is 0 Å². The molecular weight excluding hydrogens is 248 g/mol. The second-order valence-corrected chi connectivity index (χ2v) is 8.76. The second kappa shape index (κ2) is 5.19. The molecule has 0 bridgehead atoms. The van der Waals surface area contributed by atoms with Gasteiger partial charge < -0.3 is 10.4 Å². The molecule has 2 rings (SSSR count). The molecule has 0 aromatic carbocycles. The van der Waals surface area contributed by atoms with Crippen LogP contribution in [0.2, 0.25) is 0 Å². The molecule has 5 heteroatoms. The first-order chi connectivity index (χ1) is 8.33. The predicted molar refractivity (Wildman–Crippen MR) is 74.6 cm³/mol. The van der Waals surface area contributed by atoms with Crippen molar-refractivity contribution in [1.29, 1.82) is 0 Å². The number of rotatable bonds is 2. The van der Waals surface area contributed by atoms with Crippen molar-refractivity contribution in [2.75, 3.05) is 13.1 Å². The maximum absolute atomic E-state index is 12.3. The molecule has 1 heterocycles. The molecule has 0 radical (unpaired) electrons. The lowest BCUT2D eigenvalue weighted by Crippen LogP contribution is -2.50. The number of aliphatic hydroxyl groups is 1. The number of hydrogen-bond donors (Lipinski definition) is 3. The lowest BCUT2D eigenvalue weighted by atomic mass is 9.75. The van der Waals surface area contributed by atoms with Crippen LogP contribution in [0, 0.1) is 5.41 Å². The van der Waals surface area contributed by atoms with Crippen LogP contribution in [0.25, 0.3) is 0 Å². The monoisotopic (exact) mass is 274 g/mol. The Morgan fingerprint density at radius 2 is 1.94 bits per heavy atom. The van der Waals surface area contributed by atoms with Gasteiger partial charge in [0.2, 0.25) is 0 Å². The molecule has 106 valence electrons. The van der Waals surface area contributed by atoms with Gasteiger partial charge >= 0.3 is 0 Å². The van der Waals surface area contributed by atoms with Crippen molar-refractivity contribution in [3.8, 4) is 0 Å². The molecule has 3 atom stereocenters. The fourth-order valence-electron chi connectivity index (χ4n) is 3.17. The van der Waals surface area contributed by atoms with Gasteiger partial charge in [0.1, 0.15) is 0 Å². The Bertz CT molecular complexity index is 321. The maximum atomic E-state index is 12.3. The highest BCUT2D eigenvalue weighted by atomic mass is 32.2. The summed E-state index contributed by atoms with van der Waals surface area (Å²) in [4.78, 5) is 0. The fraction of sp³-hybridized carbons (Fsp3) is 1.00. The third-order valence-electron chi connectivity index (χ3n) is 4.29. The van der Waals surface area contributed by atoms with Crippen LogP contribution in [-0.2, 0) is 11.0 Å². The first-order valence-corrected chi connectivity index (χ1v) is 8.05. The van der Waals surface area contributed by atoms with Gasteiger partial charge in [0.25, 0.3) is 0 Å². The molecule has 2 aliphatic rings. The number of piperidine rings is 1. The van der Waals surface area contributed by atoms with Crippen molar-refractivity contribution in [1.82, 2.24) is 10.0 Å². The van der Waals surface area contributed by atoms with E-state index in [4.69, 9.17) is 0 Å². The summed E-state index contributed by atoms with van der Waals surface area (Å²) in [6, 6.07) is 0.189. The van der Waals surface area contributed by atoms with Crippen molar-refractivity contribution in [3.63, 3.8) is 0 Å². The van der Waals surface area contributed by atoms with Crippen molar-refractivity contribution < 1.29 is 9.32 Å². The standard InChI is InChI=1S/C13H26N2O2S/c1-12(2,3)18(17)15-11-8-10(16)9-13(11)4-6-14-7-5-13/h10-11,14-16H,4-9H2,1-3H3. The minimum absolute atomic E-state index is 0.144. The Balaban J connectivity index is 2.08. The van der Waals surface area contributed by atoms with Gasteiger partial charge in [-0.25, -0.2) is 8.93 Å². The highest BCUT2D eigenvalue weighted by Gasteiger charge is 2.48. The molecule has 0 aromatic rings. The summed E-state index contributed by atoms with van der Waals surface area (Å²) in [5.74, 6) is 0. The van der Waals surface area contributed by atoms with Crippen LogP contribution in [0.4, 0.5) is 0 Å². The zero-order valence-corrected chi connectivity index (χ0v) is 12.5. The smallest absolute Gasteiger partial charge is 0.0972 e. The molecule has 1 saturated carbocycles. The first kappa shape index (κ1) is 14.4. The lowest BCUT2D eigenvalue weighted by molar-refractivity contribution is 0.133. The van der Waals surface area contributed by atoms with Crippen molar-refractivity contribution in [2.45, 2.75) is 63.3 Å². The molecule has 0 amide bonds. The highest BCUT2D eigenvalue weighted by molar-refractivity contribution is 7.84. The molecule has 2 fully saturated rings. The Morgan fingerprint density at radius 1 is 1.33 bits per heavy atom. The normalized spacial score (nSPS) is 33.8. The van der Waals surface area contributed by atoms with Crippen molar-refractivity contribution >= 4 is 11.0 Å². The van der Waals surface area contributed by atoms with E-state index in [-0.39, 0.29) is 22.3 Å². The Labute approximate surface area is 113 Å². The van der Waals surface area contributed by atoms with Crippen LogP contribution < -0.4 is 10.0 Å². The molecule has 4 nitrogen and oxygen atoms in total. The minimum Gasteiger partial charge on any atom is -0.393 e. The van der Waals surface area contributed by atoms with E-state index >= 15 is 0 Å². The van der Waals surface area contributed by atoms with Crippen LogP contribution >= 0.6 is 0 Å². The largest absolute Gasteiger partial charge is 0.393 e. The van der Waals surface area contributed by atoms with Crippen LogP contribution in [-0.4, -0.2) is 39.3 Å². The highest BCUT2D eigenvalue weighted by Crippen LogP contribution is 2.45. The molecule has 3 N–H and O–H groups in total. The third-order valence-corrected chi connectivity index (χ3v) is 5.90. The van der Waals surface area contributed by atoms with Crippen LogP contribution in [0.3, 0.4) is 0 Å². The summed E-state index contributed by atoms with van der Waals surface area (Å²) < 4.78 is 15.3. The molecule has 18 heavy (non-hydrogen) atoms. The predicted octanol–water partition coefficient (Wildman–Crippen LogP) is 0.931. The first-order valence-electron chi connectivity index (χ1n) is 6.90. The number of nitrogens with one attached hydrogen (secondary N) is 2. The van der Waals surface area contributed by atoms with Gasteiger partial charge in [0.15, 0.2) is 0 Å². The maximum Gasteiger partial charge on any atom is 0.0972 e. The van der Waals surface area contributed by atoms with Crippen molar-refractivity contribution in [3.05, 3.63) is 0 Å². The Hall–Kier alpha value is 0.0300. The molecule has 1 saturated heterocycles. The zero-order valence-electron chi connectivity index (χ0n) is 11.7. The van der Waals surface area contributed by atoms with Crippen LogP contribution in [0.5, 0.6) is 0 Å². The van der Waals surface area contributed by atoms with E-state index in [0.29, 0.717) is 0 Å². The van der Waals surface area contributed by atoms with Crippen molar-refractivity contribution in [2.24, 2.45) is 5.41 Å². The second-order valence-electron chi connectivity index (χ2n) is 6.76. The molecule has 1 aliphatic heterocycles. The van der Waals surface area contributed by atoms with E-state index in [9.17, 15) is 9.32 Å². The number of hydrogen-bond acceptors (Lipinski definition) is 3. The van der Waals surface area contributed by atoms with Gasteiger partial charge in [-0.15, -0.1) is 0 Å². The Morgan fingerprint density at radius 3 is 2.50 bits per heavy atom. The zero-order chi connectivity index (χ0) is 13.4. The SMILES string of the molecule is CC(C)(C)S(=O)NC1CC(O)CC12CCNCC2. The van der Waals surface area contributed by atoms with Gasteiger partial charge in [-0.2, -0.15) is 0 Å². The van der Waals surface area contributed by atoms with E-state index in [2.05, 4.69) is 10.0 Å². The third kappa shape index (κ3) is 2.95. The van der Waals surface area contributed by atoms with E-state index in [0.717, 1.165) is 38.8 Å². The molecule has 1 aliphatic carbocycles. The van der Waals surface area contributed by atoms with Crippen LogP contribution in [0.1, 0.15) is 46.5 Å². The van der Waals surface area contributed by atoms with Gasteiger partial charge in [0.05, 0.1) is 21.8 Å². The van der Waals surface area contributed by atoms with Gasteiger partial charge in [-0.3, -0.25) is 0 Å². The Kier molecular flexibility index (Phi) is 4.17. The van der Waals surface area contributed by atoms with E-state index < -0.39 is 11.0 Å². The van der Waals surface area contributed by atoms with Gasteiger partial charge in [0, 0.05) is 6.04 Å². The van der Waals surface area contributed by atoms with E-state index in [1.165, 1.54) is 0 Å². The average Bonchev–Trinajstić information content (AvgIpc) is 2.54. The quantitative estimate of drug-likeness (QED) is 0.702. The topological polar surface area (TPSA) is 61.4 Å². The summed E-state index contributed by atoms with van der Waals surface area (Å²) in [5.41, 5.74) is 0.144. The summed E-state index contributed by atoms with van der Waals surface area (Å²) in [6.07, 6.45) is 3.50. The summed E-state index contributed by atoms with van der Waals surface area (Å²) in [7, 11) is -1.05. The summed E-state index contributed by atoms with van der Waals surface area (Å²) in [6.45, 7) is 7.96.